The first-order chi connectivity index (χ1) is 25.3. The first-order valence-electron chi connectivity index (χ1n) is 17.3. The van der Waals surface area contributed by atoms with E-state index in [1.807, 2.05) is 0 Å². The summed E-state index contributed by atoms with van der Waals surface area (Å²) in [5, 5.41) is 9.38. The summed E-state index contributed by atoms with van der Waals surface area (Å²) in [6.45, 7) is 0. The van der Waals surface area contributed by atoms with Crippen LogP contribution in [0.15, 0.2) is 164 Å². The van der Waals surface area contributed by atoms with E-state index in [1.165, 1.54) is 32.4 Å². The molecule has 5 heterocycles. The number of hydrogen-bond donors (Lipinski definition) is 0. The van der Waals surface area contributed by atoms with Crippen molar-refractivity contribution in [1.82, 2.24) is 23.5 Å². The molecule has 5 nitrogen and oxygen atoms in total. The highest BCUT2D eigenvalue weighted by Gasteiger charge is 2.21. The van der Waals surface area contributed by atoms with Crippen LogP contribution in [0.5, 0.6) is 0 Å². The Balaban J connectivity index is 1.23. The molecule has 0 radical (unpaired) electrons. The maximum absolute atomic E-state index is 5.28. The zero-order chi connectivity index (χ0) is 33.2. The Bertz CT molecular complexity index is 3420. The predicted octanol–water partition coefficient (Wildman–Crippen LogP) is 11.5. The van der Waals surface area contributed by atoms with Crippen LogP contribution in [0.1, 0.15) is 0 Å². The lowest BCUT2D eigenvalue weighted by Crippen LogP contribution is -1.98. The van der Waals surface area contributed by atoms with E-state index in [1.54, 1.807) is 0 Å². The summed E-state index contributed by atoms with van der Waals surface area (Å²) in [6.07, 6.45) is 2.08. The molecule has 0 atom stereocenters. The van der Waals surface area contributed by atoms with Crippen LogP contribution in [0.4, 0.5) is 0 Å². The highest BCUT2D eigenvalue weighted by Crippen LogP contribution is 2.42. The second-order valence-corrected chi connectivity index (χ2v) is 13.4. The third-order valence-corrected chi connectivity index (χ3v) is 10.8. The Morgan fingerprint density at radius 1 is 0.373 bits per heavy atom. The fourth-order valence-electron chi connectivity index (χ4n) is 8.70. The fraction of sp³-hybridized carbons (Fsp3) is 0. The molecule has 236 valence electrons. The monoisotopic (exact) mass is 649 g/mol. The molecule has 0 amide bonds. The third kappa shape index (κ3) is 3.49. The minimum absolute atomic E-state index is 0.976. The molecule has 0 aliphatic carbocycles. The molecule has 0 aliphatic heterocycles. The number of pyridine rings is 2. The molecule has 0 fully saturated rings. The normalized spacial score (nSPS) is 12.3. The van der Waals surface area contributed by atoms with Gasteiger partial charge in [-0.3, -0.25) is 9.38 Å². The van der Waals surface area contributed by atoms with E-state index in [9.17, 15) is 0 Å². The minimum atomic E-state index is 0.976. The molecule has 5 heteroatoms. The Morgan fingerprint density at radius 2 is 0.961 bits per heavy atom. The maximum Gasteiger partial charge on any atom is 0.146 e. The number of fused-ring (bicyclic) bond motifs is 17. The van der Waals surface area contributed by atoms with Crippen molar-refractivity contribution in [2.45, 2.75) is 0 Å². The Kier molecular flexibility index (Phi) is 5.17. The molecule has 0 bridgehead atoms. The maximum atomic E-state index is 5.28. The van der Waals surface area contributed by atoms with E-state index in [4.69, 9.17) is 9.97 Å². The van der Waals surface area contributed by atoms with Crippen LogP contribution in [0.3, 0.4) is 0 Å². The molecule has 12 aromatic rings. The minimum Gasteiger partial charge on any atom is -0.308 e. The highest BCUT2D eigenvalue weighted by molar-refractivity contribution is 6.25. The summed E-state index contributed by atoms with van der Waals surface area (Å²) < 4.78 is 7.13. The van der Waals surface area contributed by atoms with Gasteiger partial charge in [0.05, 0.1) is 44.1 Å². The lowest BCUT2D eigenvalue weighted by atomic mass is 10.0. The molecule has 0 aliphatic rings. The zero-order valence-corrected chi connectivity index (χ0v) is 27.3. The van der Waals surface area contributed by atoms with Gasteiger partial charge in [-0.15, -0.1) is 0 Å². The van der Waals surface area contributed by atoms with Gasteiger partial charge < -0.3 is 9.13 Å². The van der Waals surface area contributed by atoms with Crippen LogP contribution in [0.2, 0.25) is 0 Å². The summed E-state index contributed by atoms with van der Waals surface area (Å²) in [6, 6.07) is 56.6. The summed E-state index contributed by atoms with van der Waals surface area (Å²) in [5.41, 5.74) is 12.1. The summed E-state index contributed by atoms with van der Waals surface area (Å²) >= 11 is 0. The second-order valence-electron chi connectivity index (χ2n) is 13.4. The van der Waals surface area contributed by atoms with E-state index in [0.29, 0.717) is 0 Å². The zero-order valence-electron chi connectivity index (χ0n) is 27.3. The molecule has 0 saturated carbocycles. The number of aromatic nitrogens is 5. The van der Waals surface area contributed by atoms with Gasteiger partial charge in [0, 0.05) is 55.3 Å². The van der Waals surface area contributed by atoms with Crippen molar-refractivity contribution in [3.8, 4) is 11.4 Å². The highest BCUT2D eigenvalue weighted by atomic mass is 15.0. The van der Waals surface area contributed by atoms with Crippen molar-refractivity contribution < 1.29 is 0 Å². The summed E-state index contributed by atoms with van der Waals surface area (Å²) in [7, 11) is 0. The van der Waals surface area contributed by atoms with Crippen molar-refractivity contribution in [2.75, 3.05) is 0 Å². The van der Waals surface area contributed by atoms with E-state index >= 15 is 0 Å². The number of imidazole rings is 1. The third-order valence-electron chi connectivity index (χ3n) is 10.8. The molecule has 12 rings (SSSR count). The molecule has 51 heavy (non-hydrogen) atoms. The standard InChI is InChI=1S/C46H27N5/c1-2-12-28(13-3-1)49-39-18-8-4-14-30(39)33-24-25-35-43(45(33)49)47-27-37-32-16-6-9-19-40(32)50(44(35)37)29-22-23-34-36(26-29)31-15-5-10-20-41(31)51-42-21-11-7-17-38(42)48-46(34)51/h1-27H. The number of benzene rings is 7. The van der Waals surface area contributed by atoms with Crippen molar-refractivity contribution in [1.29, 1.82) is 0 Å². The fourth-order valence-corrected chi connectivity index (χ4v) is 8.70. The van der Waals surface area contributed by atoms with Gasteiger partial charge in [-0.05, 0) is 72.1 Å². The van der Waals surface area contributed by atoms with Crippen LogP contribution in [-0.2, 0) is 0 Å². The van der Waals surface area contributed by atoms with Crippen molar-refractivity contribution in [2.24, 2.45) is 0 Å². The van der Waals surface area contributed by atoms with Crippen molar-refractivity contribution in [3.63, 3.8) is 0 Å². The van der Waals surface area contributed by atoms with Crippen molar-refractivity contribution in [3.05, 3.63) is 164 Å². The second kappa shape index (κ2) is 9.80. The van der Waals surface area contributed by atoms with Crippen LogP contribution in [-0.4, -0.2) is 23.5 Å². The van der Waals surface area contributed by atoms with Gasteiger partial charge in [-0.2, -0.15) is 0 Å². The number of para-hydroxylation sites is 6. The smallest absolute Gasteiger partial charge is 0.146 e. The van der Waals surface area contributed by atoms with E-state index in [0.717, 1.165) is 71.8 Å². The van der Waals surface area contributed by atoms with E-state index in [-0.39, 0.29) is 0 Å². The van der Waals surface area contributed by atoms with Gasteiger partial charge in [0.2, 0.25) is 0 Å². The van der Waals surface area contributed by atoms with Crippen molar-refractivity contribution >= 4 is 92.9 Å². The average molecular weight is 650 g/mol. The van der Waals surface area contributed by atoms with Gasteiger partial charge in [0.15, 0.2) is 0 Å². The molecular weight excluding hydrogens is 623 g/mol. The molecule has 7 aromatic carbocycles. The number of hydrogen-bond acceptors (Lipinski definition) is 2. The predicted molar refractivity (Wildman–Crippen MR) is 212 cm³/mol. The van der Waals surface area contributed by atoms with Gasteiger partial charge in [-0.1, -0.05) is 91.0 Å². The lowest BCUT2D eigenvalue weighted by Gasteiger charge is -2.14. The van der Waals surface area contributed by atoms with Crippen LogP contribution in [0, 0.1) is 0 Å². The summed E-state index contributed by atoms with van der Waals surface area (Å²) in [5.74, 6) is 0. The molecule has 0 spiro atoms. The van der Waals surface area contributed by atoms with Gasteiger partial charge in [-0.25, -0.2) is 4.98 Å². The molecular formula is C46H27N5. The van der Waals surface area contributed by atoms with Crippen LogP contribution < -0.4 is 0 Å². The van der Waals surface area contributed by atoms with Gasteiger partial charge >= 0.3 is 0 Å². The van der Waals surface area contributed by atoms with Gasteiger partial charge in [0.25, 0.3) is 0 Å². The lowest BCUT2D eigenvalue weighted by molar-refractivity contribution is 1.18. The average Bonchev–Trinajstić information content (AvgIpc) is 3.87. The SMILES string of the molecule is c1ccc(-n2c3ccccc3c3ccc4c(ncc5c6ccccc6n(-c6ccc7c(c6)c6ccccc6n6c8ccccc8nc76)c54)c32)cc1. The molecule has 0 saturated heterocycles. The Hall–Kier alpha value is -6.98. The number of nitrogens with zero attached hydrogens (tertiary/aromatic N) is 5. The van der Waals surface area contributed by atoms with Crippen LogP contribution >= 0.6 is 0 Å². The van der Waals surface area contributed by atoms with E-state index < -0.39 is 0 Å². The van der Waals surface area contributed by atoms with Gasteiger partial charge in [0.1, 0.15) is 5.65 Å². The van der Waals surface area contributed by atoms with Crippen LogP contribution in [0.25, 0.3) is 104 Å². The largest absolute Gasteiger partial charge is 0.308 e. The molecule has 5 aromatic heterocycles. The molecule has 0 unspecified atom stereocenters. The Morgan fingerprint density at radius 3 is 1.75 bits per heavy atom. The molecule has 0 N–H and O–H groups in total. The van der Waals surface area contributed by atoms with E-state index in [2.05, 4.69) is 177 Å². The topological polar surface area (TPSA) is 40.0 Å². The Labute approximate surface area is 290 Å². The first-order valence-corrected chi connectivity index (χ1v) is 17.3. The number of rotatable bonds is 2. The summed E-state index contributed by atoms with van der Waals surface area (Å²) in [4.78, 5) is 10.4. The quantitative estimate of drug-likeness (QED) is 0.175. The first kappa shape index (κ1) is 26.9.